The largest absolute Gasteiger partial charge is 0.472 e. The number of hydrogen-bond acceptors (Lipinski definition) is 12. The fourth-order valence-corrected chi connectivity index (χ4v) is 6.24. The smallest absolute Gasteiger partial charge is 0.394 e. The molecule has 2 rings (SSSR count). The van der Waals surface area contributed by atoms with Gasteiger partial charge in [-0.05, 0) is 37.9 Å². The zero-order chi connectivity index (χ0) is 33.4. The number of phosphoric acid groups is 1. The van der Waals surface area contributed by atoms with Gasteiger partial charge < -0.3 is 55.1 Å². The first-order valence-corrected chi connectivity index (χ1v) is 17.3. The lowest BCUT2D eigenvalue weighted by Crippen LogP contribution is -2.64. The number of aliphatic hydroxyl groups is 3. The van der Waals surface area contributed by atoms with Crippen molar-refractivity contribution in [1.29, 1.82) is 0 Å². The van der Waals surface area contributed by atoms with E-state index in [1.807, 2.05) is 0 Å². The SMILES string of the molecule is [B][C@@H]1O[C@H](COC)[C@H](OP(=O)(O)OC)C1CCCCCCCNC(=S)NCCCCO[C@@H]1O[C@H](CO)[C@H](O)[C@H](O)[C@H]1NC(C)=O. The Kier molecular flexibility index (Phi) is 18.9. The van der Waals surface area contributed by atoms with Crippen LogP contribution in [-0.2, 0) is 37.4 Å². The van der Waals surface area contributed by atoms with Crippen molar-refractivity contribution in [3.8, 4) is 0 Å². The van der Waals surface area contributed by atoms with Gasteiger partial charge in [0.2, 0.25) is 5.91 Å². The Hall–Kier alpha value is -0.945. The van der Waals surface area contributed by atoms with Gasteiger partial charge in [0.15, 0.2) is 11.4 Å². The number of nitrogens with one attached hydrogen (secondary N) is 3. The summed E-state index contributed by atoms with van der Waals surface area (Å²) in [7, 11) is 4.57. The predicted octanol–water partition coefficient (Wildman–Crippen LogP) is -0.180. The van der Waals surface area contributed by atoms with E-state index in [1.54, 1.807) is 0 Å². The molecule has 0 saturated carbocycles. The highest BCUT2D eigenvalue weighted by Crippen LogP contribution is 2.48. The third-order valence-corrected chi connectivity index (χ3v) is 9.01. The van der Waals surface area contributed by atoms with Gasteiger partial charge in [-0.25, -0.2) is 4.57 Å². The number of aliphatic hydroxyl groups excluding tert-OH is 3. The van der Waals surface area contributed by atoms with Crippen LogP contribution in [0.3, 0.4) is 0 Å². The van der Waals surface area contributed by atoms with E-state index < -0.39 is 69.2 Å². The number of ether oxygens (including phenoxy) is 4. The quantitative estimate of drug-likeness (QED) is 0.0363. The van der Waals surface area contributed by atoms with E-state index >= 15 is 0 Å². The lowest BCUT2D eigenvalue weighted by Gasteiger charge is -2.42. The molecule has 0 aromatic heterocycles. The summed E-state index contributed by atoms with van der Waals surface area (Å²) in [5, 5.41) is 39.2. The van der Waals surface area contributed by atoms with Crippen molar-refractivity contribution in [1.82, 2.24) is 16.0 Å². The predicted molar refractivity (Wildman–Crippen MR) is 168 cm³/mol. The zero-order valence-corrected chi connectivity index (χ0v) is 28.1. The number of carbonyl (C=O) groups excluding carboxylic acids is 1. The van der Waals surface area contributed by atoms with Crippen LogP contribution in [0, 0.1) is 5.92 Å². The number of hydrogen-bond donors (Lipinski definition) is 7. The summed E-state index contributed by atoms with van der Waals surface area (Å²) in [6.07, 6.45) is 0.917. The van der Waals surface area contributed by atoms with E-state index in [2.05, 4.69) is 20.5 Å². The van der Waals surface area contributed by atoms with Crippen LogP contribution in [-0.4, -0.2) is 135 Å². The molecule has 2 aliphatic heterocycles. The van der Waals surface area contributed by atoms with Gasteiger partial charge in [-0.3, -0.25) is 13.8 Å². The number of phosphoric ester groups is 1. The van der Waals surface area contributed by atoms with Crippen LogP contribution in [0.2, 0.25) is 0 Å². The normalized spacial score (nSPS) is 31.3. The summed E-state index contributed by atoms with van der Waals surface area (Å²) in [6.45, 7) is 2.62. The number of rotatable bonds is 21. The molecule has 2 unspecified atom stereocenters. The second kappa shape index (κ2) is 21.1. The van der Waals surface area contributed by atoms with E-state index in [9.17, 15) is 29.6 Å². The van der Waals surface area contributed by atoms with E-state index in [0.717, 1.165) is 52.2 Å². The Morgan fingerprint density at radius 1 is 0.978 bits per heavy atom. The Bertz CT molecular complexity index is 930. The molecule has 2 saturated heterocycles. The van der Waals surface area contributed by atoms with Crippen LogP contribution in [0.4, 0.5) is 0 Å². The molecule has 0 bridgehead atoms. The fraction of sp³-hybridized carbons (Fsp3) is 0.926. The minimum absolute atomic E-state index is 0.193. The van der Waals surface area contributed by atoms with Gasteiger partial charge in [0.1, 0.15) is 44.4 Å². The second-order valence-corrected chi connectivity index (χ2v) is 13.2. The van der Waals surface area contributed by atoms with Gasteiger partial charge in [0, 0.05) is 52.8 Å². The Morgan fingerprint density at radius 2 is 1.62 bits per heavy atom. The minimum atomic E-state index is -4.20. The average molecular weight is 684 g/mol. The van der Waals surface area contributed by atoms with Gasteiger partial charge in [-0.1, -0.05) is 25.7 Å². The maximum absolute atomic E-state index is 12.0. The van der Waals surface area contributed by atoms with Gasteiger partial charge in [-0.2, -0.15) is 0 Å². The summed E-state index contributed by atoms with van der Waals surface area (Å²) < 4.78 is 44.1. The molecular weight excluding hydrogens is 632 g/mol. The topological polar surface area (TPSA) is 207 Å². The number of unbranched alkanes of at least 4 members (excludes halogenated alkanes) is 5. The number of thiocarbonyl (C=S) groups is 1. The Labute approximate surface area is 272 Å². The monoisotopic (exact) mass is 683 g/mol. The molecule has 2 heterocycles. The fourth-order valence-electron chi connectivity index (χ4n) is 5.35. The molecule has 18 heteroatoms. The molecule has 1 amide bonds. The molecule has 260 valence electrons. The first kappa shape index (κ1) is 40.2. The molecule has 0 aromatic rings. The molecule has 45 heavy (non-hydrogen) atoms. The zero-order valence-electron chi connectivity index (χ0n) is 26.4. The molecule has 10 atom stereocenters. The van der Waals surface area contributed by atoms with Crippen molar-refractivity contribution in [3.05, 3.63) is 0 Å². The third-order valence-electron chi connectivity index (χ3n) is 7.75. The lowest BCUT2D eigenvalue weighted by molar-refractivity contribution is -0.270. The lowest BCUT2D eigenvalue weighted by atomic mass is 9.81. The molecule has 2 radical (unpaired) electrons. The maximum Gasteiger partial charge on any atom is 0.472 e. The molecule has 15 nitrogen and oxygen atoms in total. The van der Waals surface area contributed by atoms with Crippen LogP contribution in [0.1, 0.15) is 58.3 Å². The molecule has 0 aromatic carbocycles. The first-order valence-electron chi connectivity index (χ1n) is 15.4. The molecule has 0 spiro atoms. The molecule has 2 aliphatic rings. The van der Waals surface area contributed by atoms with Gasteiger partial charge in [-0.15, -0.1) is 0 Å². The van der Waals surface area contributed by atoms with Crippen molar-refractivity contribution in [2.75, 3.05) is 47.1 Å². The van der Waals surface area contributed by atoms with E-state index in [4.69, 9.17) is 43.5 Å². The van der Waals surface area contributed by atoms with Gasteiger partial charge >= 0.3 is 7.82 Å². The van der Waals surface area contributed by atoms with Crippen molar-refractivity contribution in [3.63, 3.8) is 0 Å². The standard InChI is InChI=1S/C27H51BN3O12PS/c1-17(33)31-21-23(35)22(34)19(15-32)42-26(21)40-14-10-9-13-30-27(45)29-12-8-6-4-5-7-11-18-24(43-44(36,37)39-3)20(16-38-2)41-25(18)28/h18-26,32,34-35H,4-16H2,1-3H3,(H,31,33)(H,36,37)(H2,29,30,45)/t18?,19-,20-,21-,22+,23-,24-,25-,26-/m1/s1. The number of carbonyl (C=O) groups is 1. The summed E-state index contributed by atoms with van der Waals surface area (Å²) in [4.78, 5) is 21.3. The summed E-state index contributed by atoms with van der Waals surface area (Å²) in [5.41, 5.74) is 0. The molecular formula is C27H51BN3O12PS. The second-order valence-electron chi connectivity index (χ2n) is 11.2. The summed E-state index contributed by atoms with van der Waals surface area (Å²) in [6, 6.07) is -1.57. The van der Waals surface area contributed by atoms with Gasteiger partial charge in [0.25, 0.3) is 0 Å². The third kappa shape index (κ3) is 14.0. The van der Waals surface area contributed by atoms with E-state index in [1.165, 1.54) is 14.0 Å². The molecule has 7 N–H and O–H groups in total. The van der Waals surface area contributed by atoms with Crippen LogP contribution in [0.5, 0.6) is 0 Å². The molecule has 2 fully saturated rings. The summed E-state index contributed by atoms with van der Waals surface area (Å²) in [5.74, 6) is -0.655. The van der Waals surface area contributed by atoms with Crippen molar-refractivity contribution < 1.29 is 57.6 Å². The van der Waals surface area contributed by atoms with Gasteiger partial charge in [0.05, 0.1) is 13.2 Å². The van der Waals surface area contributed by atoms with E-state index in [-0.39, 0.29) is 19.1 Å². The average Bonchev–Trinajstić information content (AvgIpc) is 3.27. The van der Waals surface area contributed by atoms with Crippen LogP contribution < -0.4 is 16.0 Å². The highest BCUT2D eigenvalue weighted by atomic mass is 32.1. The maximum atomic E-state index is 12.0. The highest BCUT2D eigenvalue weighted by Gasteiger charge is 2.46. The number of methoxy groups -OCH3 is 1. The highest BCUT2D eigenvalue weighted by molar-refractivity contribution is 7.80. The van der Waals surface area contributed by atoms with Crippen molar-refractivity contribution in [2.24, 2.45) is 5.92 Å². The minimum Gasteiger partial charge on any atom is -0.394 e. The Morgan fingerprint density at radius 3 is 2.24 bits per heavy atom. The van der Waals surface area contributed by atoms with Crippen LogP contribution >= 0.6 is 20.0 Å². The number of amides is 1. The van der Waals surface area contributed by atoms with E-state index in [0.29, 0.717) is 24.5 Å². The van der Waals surface area contributed by atoms with Crippen molar-refractivity contribution in [2.45, 2.75) is 107 Å². The van der Waals surface area contributed by atoms with Crippen LogP contribution in [0.15, 0.2) is 0 Å². The van der Waals surface area contributed by atoms with Crippen LogP contribution in [0.25, 0.3) is 0 Å². The molecule has 0 aliphatic carbocycles. The Balaban J connectivity index is 1.54. The first-order chi connectivity index (χ1) is 21.4. The van der Waals surface area contributed by atoms with Crippen molar-refractivity contribution >= 4 is 38.9 Å². The summed E-state index contributed by atoms with van der Waals surface area (Å²) >= 11 is 5.34.